The fraction of sp³-hybridized carbons (Fsp3) is 0.625. The number of nitrogens with one attached hydrogen (secondary N) is 1. The smallest absolute Gasteiger partial charge is 0.133 e. The maximum atomic E-state index is 5.55. The summed E-state index contributed by atoms with van der Waals surface area (Å²) in [4.78, 5) is 2.59. The van der Waals surface area contributed by atoms with Gasteiger partial charge in [-0.25, -0.2) is 0 Å². The molecule has 0 radical (unpaired) electrons. The van der Waals surface area contributed by atoms with Gasteiger partial charge in [0.05, 0.1) is 11.1 Å². The van der Waals surface area contributed by atoms with E-state index >= 15 is 0 Å². The lowest BCUT2D eigenvalue weighted by molar-refractivity contribution is 0.0720. The second-order valence-electron chi connectivity index (χ2n) is 5.82. The van der Waals surface area contributed by atoms with Gasteiger partial charge in [0.25, 0.3) is 0 Å². The Morgan fingerprint density at radius 3 is 2.75 bits per heavy atom. The lowest BCUT2D eigenvalue weighted by Crippen LogP contribution is -2.55. The molecule has 1 aromatic rings. The molecule has 0 amide bonds. The van der Waals surface area contributed by atoms with Crippen molar-refractivity contribution in [1.29, 1.82) is 0 Å². The Morgan fingerprint density at radius 2 is 2.15 bits per heavy atom. The number of ether oxygens (including phenoxy) is 1. The molecule has 0 aromatic heterocycles. The van der Waals surface area contributed by atoms with Gasteiger partial charge in [-0.2, -0.15) is 0 Å². The third kappa shape index (κ3) is 3.18. The quantitative estimate of drug-likeness (QED) is 0.892. The first kappa shape index (κ1) is 14.4. The molecule has 20 heavy (non-hydrogen) atoms. The molecule has 4 rings (SSSR count). The zero-order valence-electron chi connectivity index (χ0n) is 12.1. The number of hydrogen-bond donors (Lipinski definition) is 1. The Hall–Kier alpha value is -0.580. The normalized spacial score (nSPS) is 28.6. The van der Waals surface area contributed by atoms with E-state index < -0.39 is 0 Å². The highest BCUT2D eigenvalue weighted by Gasteiger charge is 2.33. The molecule has 2 bridgehead atoms. The average molecular weight is 339 g/mol. The van der Waals surface area contributed by atoms with Crippen molar-refractivity contribution >= 4 is 15.9 Å². The second kappa shape index (κ2) is 6.46. The predicted molar refractivity (Wildman–Crippen MR) is 85.1 cm³/mol. The van der Waals surface area contributed by atoms with E-state index in [0.717, 1.165) is 22.7 Å². The summed E-state index contributed by atoms with van der Waals surface area (Å²) in [5.41, 5.74) is 1.32. The number of hydrogen-bond acceptors (Lipinski definition) is 3. The van der Waals surface area contributed by atoms with Crippen molar-refractivity contribution in [3.05, 3.63) is 28.2 Å². The molecule has 3 aliphatic heterocycles. The van der Waals surface area contributed by atoms with Gasteiger partial charge in [-0.15, -0.1) is 0 Å². The van der Waals surface area contributed by atoms with Gasteiger partial charge in [0.2, 0.25) is 0 Å². The first-order chi connectivity index (χ1) is 9.76. The van der Waals surface area contributed by atoms with Gasteiger partial charge in [0.1, 0.15) is 5.75 Å². The fourth-order valence-corrected chi connectivity index (χ4v) is 3.91. The molecule has 1 unspecified atom stereocenters. The minimum absolute atomic E-state index is 0.669. The van der Waals surface area contributed by atoms with Crippen molar-refractivity contribution in [2.45, 2.75) is 32.4 Å². The molecule has 0 aliphatic carbocycles. The maximum absolute atomic E-state index is 5.55. The van der Waals surface area contributed by atoms with E-state index in [0.29, 0.717) is 12.6 Å². The highest BCUT2D eigenvalue weighted by Crippen LogP contribution is 2.29. The van der Waals surface area contributed by atoms with Crippen LogP contribution in [-0.2, 0) is 6.54 Å². The SMILES string of the molecule is CCOc1ccc(CNC2CN3CCC2CC3)cc1Br. The summed E-state index contributed by atoms with van der Waals surface area (Å²) in [7, 11) is 0. The number of fused-ring (bicyclic) bond motifs is 3. The third-order valence-corrected chi connectivity index (χ3v) is 5.14. The molecule has 1 N–H and O–H groups in total. The predicted octanol–water partition coefficient (Wildman–Crippen LogP) is 3.03. The molecular weight excluding hydrogens is 316 g/mol. The molecule has 4 heteroatoms. The van der Waals surface area contributed by atoms with Gasteiger partial charge in [0.15, 0.2) is 0 Å². The van der Waals surface area contributed by atoms with Crippen molar-refractivity contribution in [2.24, 2.45) is 5.92 Å². The first-order valence-corrected chi connectivity index (χ1v) is 8.42. The third-order valence-electron chi connectivity index (χ3n) is 4.52. The van der Waals surface area contributed by atoms with E-state index in [4.69, 9.17) is 4.74 Å². The van der Waals surface area contributed by atoms with Crippen LogP contribution in [0.5, 0.6) is 5.75 Å². The highest BCUT2D eigenvalue weighted by atomic mass is 79.9. The topological polar surface area (TPSA) is 24.5 Å². The van der Waals surface area contributed by atoms with E-state index in [2.05, 4.69) is 44.3 Å². The summed E-state index contributed by atoms with van der Waals surface area (Å²) in [5.74, 6) is 1.81. The van der Waals surface area contributed by atoms with E-state index in [1.54, 1.807) is 0 Å². The Morgan fingerprint density at radius 1 is 1.35 bits per heavy atom. The number of rotatable bonds is 5. The van der Waals surface area contributed by atoms with Crippen molar-refractivity contribution in [3.8, 4) is 5.75 Å². The Bertz CT molecular complexity index is 458. The molecule has 0 saturated carbocycles. The molecule has 3 saturated heterocycles. The van der Waals surface area contributed by atoms with Gasteiger partial charge in [-0.3, -0.25) is 0 Å². The molecule has 1 aromatic carbocycles. The van der Waals surface area contributed by atoms with Crippen LogP contribution in [0.25, 0.3) is 0 Å². The summed E-state index contributed by atoms with van der Waals surface area (Å²) in [6.45, 7) is 7.49. The number of benzene rings is 1. The average Bonchev–Trinajstić information content (AvgIpc) is 2.49. The monoisotopic (exact) mass is 338 g/mol. The van der Waals surface area contributed by atoms with Gasteiger partial charge in [-0.1, -0.05) is 6.07 Å². The Kier molecular flexibility index (Phi) is 4.64. The van der Waals surface area contributed by atoms with Crippen LogP contribution in [0.4, 0.5) is 0 Å². The molecule has 3 heterocycles. The lowest BCUT2D eigenvalue weighted by atomic mass is 9.84. The minimum Gasteiger partial charge on any atom is -0.493 e. The molecular formula is C16H23BrN2O. The van der Waals surface area contributed by atoms with E-state index in [9.17, 15) is 0 Å². The van der Waals surface area contributed by atoms with E-state index in [1.807, 2.05) is 6.92 Å². The number of piperidine rings is 3. The fourth-order valence-electron chi connectivity index (χ4n) is 3.37. The zero-order valence-corrected chi connectivity index (χ0v) is 13.7. The van der Waals surface area contributed by atoms with Crippen LogP contribution in [0.3, 0.4) is 0 Å². The molecule has 0 spiro atoms. The largest absolute Gasteiger partial charge is 0.493 e. The van der Waals surface area contributed by atoms with Crippen LogP contribution in [0.2, 0.25) is 0 Å². The summed E-state index contributed by atoms with van der Waals surface area (Å²) >= 11 is 3.59. The Balaban J connectivity index is 1.57. The standard InChI is InChI=1S/C16H23BrN2O/c1-2-20-16-4-3-12(9-14(16)17)10-18-15-11-19-7-5-13(15)6-8-19/h3-4,9,13,15,18H,2,5-8,10-11H2,1H3. The second-order valence-corrected chi connectivity index (χ2v) is 6.68. The van der Waals surface area contributed by atoms with Crippen molar-refractivity contribution in [1.82, 2.24) is 10.2 Å². The first-order valence-electron chi connectivity index (χ1n) is 7.63. The molecule has 110 valence electrons. The van der Waals surface area contributed by atoms with Crippen LogP contribution < -0.4 is 10.1 Å². The summed E-state index contributed by atoms with van der Waals surface area (Å²) < 4.78 is 6.60. The van der Waals surface area contributed by atoms with Crippen LogP contribution in [0, 0.1) is 5.92 Å². The van der Waals surface area contributed by atoms with Crippen LogP contribution in [0.15, 0.2) is 22.7 Å². The van der Waals surface area contributed by atoms with E-state index in [-0.39, 0.29) is 0 Å². The van der Waals surface area contributed by atoms with Crippen LogP contribution in [-0.4, -0.2) is 37.2 Å². The van der Waals surface area contributed by atoms with Gasteiger partial charge < -0.3 is 15.0 Å². The number of nitrogens with zero attached hydrogens (tertiary/aromatic N) is 1. The maximum Gasteiger partial charge on any atom is 0.133 e. The molecule has 3 aliphatic rings. The van der Waals surface area contributed by atoms with E-state index in [1.165, 1.54) is 38.0 Å². The summed E-state index contributed by atoms with van der Waals surface area (Å²) in [5, 5.41) is 3.74. The van der Waals surface area contributed by atoms with Crippen molar-refractivity contribution < 1.29 is 4.74 Å². The minimum atomic E-state index is 0.669. The zero-order chi connectivity index (χ0) is 13.9. The highest BCUT2D eigenvalue weighted by molar-refractivity contribution is 9.10. The van der Waals surface area contributed by atoms with Gasteiger partial charge in [-0.05, 0) is 72.4 Å². The van der Waals surface area contributed by atoms with Gasteiger partial charge >= 0.3 is 0 Å². The van der Waals surface area contributed by atoms with Crippen molar-refractivity contribution in [2.75, 3.05) is 26.2 Å². The molecule has 3 nitrogen and oxygen atoms in total. The van der Waals surface area contributed by atoms with Gasteiger partial charge in [0, 0.05) is 19.1 Å². The van der Waals surface area contributed by atoms with Crippen LogP contribution >= 0.6 is 15.9 Å². The Labute approximate surface area is 129 Å². The number of halogens is 1. The lowest BCUT2D eigenvalue weighted by Gasteiger charge is -2.45. The van der Waals surface area contributed by atoms with Crippen LogP contribution in [0.1, 0.15) is 25.3 Å². The molecule has 1 atom stereocenters. The van der Waals surface area contributed by atoms with Crippen molar-refractivity contribution in [3.63, 3.8) is 0 Å². The molecule has 3 fully saturated rings. The summed E-state index contributed by atoms with van der Waals surface area (Å²) in [6.07, 6.45) is 2.73. The summed E-state index contributed by atoms with van der Waals surface area (Å²) in [6, 6.07) is 7.05.